The van der Waals surface area contributed by atoms with Crippen molar-refractivity contribution in [2.75, 3.05) is 0 Å². The summed E-state index contributed by atoms with van der Waals surface area (Å²) in [6.07, 6.45) is 0.320. The molecule has 0 radical (unpaired) electrons. The molecule has 0 amide bonds. The molecular formula is C17H12FN3OS. The molecule has 2 aromatic carbocycles. The molecule has 1 aliphatic rings. The summed E-state index contributed by atoms with van der Waals surface area (Å²) in [6.45, 7) is 0. The summed E-state index contributed by atoms with van der Waals surface area (Å²) in [5, 5.41) is 4.83. The summed E-state index contributed by atoms with van der Waals surface area (Å²) in [5.41, 5.74) is 1.79. The number of carbonyl (C=O) groups is 1. The molecule has 1 atom stereocenters. The quantitative estimate of drug-likeness (QED) is 0.715. The number of nitrogens with zero attached hydrogens (tertiary/aromatic N) is 3. The Morgan fingerprint density at radius 2 is 1.83 bits per heavy atom. The predicted molar refractivity (Wildman–Crippen MR) is 85.7 cm³/mol. The Morgan fingerprint density at radius 1 is 1.09 bits per heavy atom. The van der Waals surface area contributed by atoms with Crippen molar-refractivity contribution in [3.05, 3.63) is 66.0 Å². The van der Waals surface area contributed by atoms with Gasteiger partial charge in [0.2, 0.25) is 0 Å². The first-order valence-corrected chi connectivity index (χ1v) is 8.06. The lowest BCUT2D eigenvalue weighted by Gasteiger charge is -2.20. The van der Waals surface area contributed by atoms with Gasteiger partial charge in [0.15, 0.2) is 11.0 Å². The van der Waals surface area contributed by atoms with Crippen LogP contribution in [0, 0.1) is 5.82 Å². The first-order chi connectivity index (χ1) is 11.2. The molecule has 0 saturated carbocycles. The van der Waals surface area contributed by atoms with Crippen molar-refractivity contribution in [1.29, 1.82) is 0 Å². The number of thioether (sulfide) groups is 1. The topological polar surface area (TPSA) is 47.8 Å². The van der Waals surface area contributed by atoms with Crippen molar-refractivity contribution in [1.82, 2.24) is 14.8 Å². The highest BCUT2D eigenvalue weighted by atomic mass is 32.2. The van der Waals surface area contributed by atoms with E-state index in [-0.39, 0.29) is 17.0 Å². The number of carbonyl (C=O) groups excluding carboxylic acids is 1. The number of benzene rings is 2. The van der Waals surface area contributed by atoms with Gasteiger partial charge in [-0.1, -0.05) is 54.2 Å². The standard InChI is InChI=1S/C17H12FN3OS/c18-13-8-6-11(7-9-13)14-10-15(22)21-17(23-14)19-16(20-21)12-4-2-1-3-5-12/h1-9,14H,10H2. The van der Waals surface area contributed by atoms with Crippen molar-refractivity contribution in [3.63, 3.8) is 0 Å². The van der Waals surface area contributed by atoms with Crippen LogP contribution >= 0.6 is 11.8 Å². The molecule has 1 aliphatic heterocycles. The molecule has 0 saturated heterocycles. The number of hydrogen-bond donors (Lipinski definition) is 0. The van der Waals surface area contributed by atoms with E-state index in [1.54, 1.807) is 12.1 Å². The van der Waals surface area contributed by atoms with E-state index >= 15 is 0 Å². The maximum atomic E-state index is 13.1. The molecule has 0 bridgehead atoms. The Labute approximate surface area is 136 Å². The van der Waals surface area contributed by atoms with Gasteiger partial charge in [0.05, 0.1) is 0 Å². The van der Waals surface area contributed by atoms with Crippen LogP contribution in [-0.4, -0.2) is 20.7 Å². The number of fused-ring (bicyclic) bond motifs is 1. The minimum atomic E-state index is -0.282. The zero-order chi connectivity index (χ0) is 15.8. The van der Waals surface area contributed by atoms with Crippen LogP contribution in [0.2, 0.25) is 0 Å². The Morgan fingerprint density at radius 3 is 2.57 bits per heavy atom. The Hall–Kier alpha value is -2.47. The van der Waals surface area contributed by atoms with Crippen LogP contribution < -0.4 is 0 Å². The molecule has 0 fully saturated rings. The maximum absolute atomic E-state index is 13.1. The molecule has 6 heteroatoms. The average molecular weight is 325 g/mol. The summed E-state index contributed by atoms with van der Waals surface area (Å²) in [7, 11) is 0. The minimum Gasteiger partial charge on any atom is -0.272 e. The van der Waals surface area contributed by atoms with E-state index in [1.165, 1.54) is 28.6 Å². The third-order valence-corrected chi connectivity index (χ3v) is 4.89. The zero-order valence-electron chi connectivity index (χ0n) is 12.0. The number of halogens is 1. The van der Waals surface area contributed by atoms with E-state index in [0.29, 0.717) is 17.4 Å². The molecule has 1 unspecified atom stereocenters. The number of rotatable bonds is 2. The highest BCUT2D eigenvalue weighted by Gasteiger charge is 2.30. The lowest BCUT2D eigenvalue weighted by Crippen LogP contribution is -2.20. The van der Waals surface area contributed by atoms with Gasteiger partial charge in [0, 0.05) is 17.2 Å². The molecular weight excluding hydrogens is 313 g/mol. The van der Waals surface area contributed by atoms with Crippen molar-refractivity contribution in [2.45, 2.75) is 16.8 Å². The largest absolute Gasteiger partial charge is 0.272 e. The van der Waals surface area contributed by atoms with Gasteiger partial charge >= 0.3 is 0 Å². The summed E-state index contributed by atoms with van der Waals surface area (Å²) < 4.78 is 14.4. The van der Waals surface area contributed by atoms with Gasteiger partial charge in [-0.05, 0) is 17.7 Å². The van der Waals surface area contributed by atoms with E-state index in [2.05, 4.69) is 10.1 Å². The Balaban J connectivity index is 1.68. The van der Waals surface area contributed by atoms with Crippen LogP contribution in [0.5, 0.6) is 0 Å². The van der Waals surface area contributed by atoms with Crippen LogP contribution in [0.15, 0.2) is 59.8 Å². The smallest absolute Gasteiger partial charge is 0.250 e. The lowest BCUT2D eigenvalue weighted by molar-refractivity contribution is 0.0868. The summed E-state index contributed by atoms with van der Waals surface area (Å²) >= 11 is 1.48. The van der Waals surface area contributed by atoms with Gasteiger partial charge in [-0.3, -0.25) is 4.79 Å². The molecule has 23 heavy (non-hydrogen) atoms. The second kappa shape index (κ2) is 5.62. The molecule has 4 rings (SSSR count). The maximum Gasteiger partial charge on any atom is 0.250 e. The fraction of sp³-hybridized carbons (Fsp3) is 0.118. The Bertz CT molecular complexity index is 861. The molecule has 2 heterocycles. The zero-order valence-corrected chi connectivity index (χ0v) is 12.8. The molecule has 0 spiro atoms. The van der Waals surface area contributed by atoms with E-state index in [0.717, 1.165) is 11.1 Å². The lowest BCUT2D eigenvalue weighted by atomic mass is 10.1. The first-order valence-electron chi connectivity index (χ1n) is 7.18. The summed E-state index contributed by atoms with van der Waals surface area (Å²) in [6, 6.07) is 15.8. The molecule has 4 nitrogen and oxygen atoms in total. The monoisotopic (exact) mass is 325 g/mol. The normalized spacial score (nSPS) is 17.1. The van der Waals surface area contributed by atoms with Gasteiger partial charge in [0.1, 0.15) is 5.82 Å². The van der Waals surface area contributed by atoms with Crippen LogP contribution in [0.3, 0.4) is 0 Å². The number of aromatic nitrogens is 3. The summed E-state index contributed by atoms with van der Waals surface area (Å²) in [4.78, 5) is 16.8. The second-order valence-electron chi connectivity index (χ2n) is 5.25. The highest BCUT2D eigenvalue weighted by Crippen LogP contribution is 2.41. The van der Waals surface area contributed by atoms with E-state index < -0.39 is 0 Å². The SMILES string of the molecule is O=C1CC(c2ccc(F)cc2)Sc2nc(-c3ccccc3)nn21. The minimum absolute atomic E-state index is 0.0663. The third kappa shape index (κ3) is 2.66. The average Bonchev–Trinajstić information content (AvgIpc) is 3.01. The fourth-order valence-electron chi connectivity index (χ4n) is 2.52. The van der Waals surface area contributed by atoms with Crippen molar-refractivity contribution in [3.8, 4) is 11.4 Å². The van der Waals surface area contributed by atoms with Gasteiger partial charge < -0.3 is 0 Å². The summed E-state index contributed by atoms with van der Waals surface area (Å²) in [5.74, 6) is 0.166. The molecule has 114 valence electrons. The van der Waals surface area contributed by atoms with E-state index in [1.807, 2.05) is 30.3 Å². The number of hydrogen-bond acceptors (Lipinski definition) is 4. The van der Waals surface area contributed by atoms with E-state index in [9.17, 15) is 9.18 Å². The van der Waals surface area contributed by atoms with E-state index in [4.69, 9.17) is 0 Å². The van der Waals surface area contributed by atoms with Gasteiger partial charge in [0.25, 0.3) is 5.91 Å². The fourth-order valence-corrected chi connectivity index (χ4v) is 3.68. The van der Waals surface area contributed by atoms with Crippen LogP contribution in [-0.2, 0) is 0 Å². The van der Waals surface area contributed by atoms with Gasteiger partial charge in [-0.15, -0.1) is 5.10 Å². The van der Waals surface area contributed by atoms with Crippen LogP contribution in [0.25, 0.3) is 11.4 Å². The highest BCUT2D eigenvalue weighted by molar-refractivity contribution is 7.99. The van der Waals surface area contributed by atoms with Crippen molar-refractivity contribution < 1.29 is 9.18 Å². The van der Waals surface area contributed by atoms with Gasteiger partial charge in [-0.25, -0.2) is 9.37 Å². The second-order valence-corrected chi connectivity index (χ2v) is 6.42. The van der Waals surface area contributed by atoms with Crippen molar-refractivity contribution >= 4 is 17.7 Å². The predicted octanol–water partition coefficient (Wildman–Crippen LogP) is 3.96. The van der Waals surface area contributed by atoms with Crippen LogP contribution in [0.4, 0.5) is 4.39 Å². The molecule has 0 N–H and O–H groups in total. The van der Waals surface area contributed by atoms with Gasteiger partial charge in [-0.2, -0.15) is 4.68 Å². The third-order valence-electron chi connectivity index (χ3n) is 3.70. The Kier molecular flexibility index (Phi) is 3.46. The molecule has 3 aromatic rings. The first kappa shape index (κ1) is 14.1. The van der Waals surface area contributed by atoms with Crippen molar-refractivity contribution in [2.24, 2.45) is 0 Å². The molecule has 0 aliphatic carbocycles. The molecule has 1 aromatic heterocycles. The van der Waals surface area contributed by atoms with Crippen LogP contribution in [0.1, 0.15) is 22.0 Å².